The van der Waals surface area contributed by atoms with E-state index in [1.54, 1.807) is 5.57 Å². The zero-order valence-corrected chi connectivity index (χ0v) is 14.2. The molecular formula is C19H23ClN2. The lowest BCUT2D eigenvalue weighted by Gasteiger charge is -2.46. The molecule has 0 saturated carbocycles. The molecule has 5 bridgehead atoms. The number of aliphatic imine (C=N–C) groups is 1. The van der Waals surface area contributed by atoms with E-state index >= 15 is 0 Å². The summed E-state index contributed by atoms with van der Waals surface area (Å²) in [5.41, 5.74) is 6.09. The van der Waals surface area contributed by atoms with Crippen LogP contribution in [0.15, 0.2) is 51.2 Å². The van der Waals surface area contributed by atoms with Crippen molar-refractivity contribution in [1.82, 2.24) is 4.90 Å². The Bertz CT molecular complexity index is 667. The van der Waals surface area contributed by atoms with E-state index in [9.17, 15) is 0 Å². The van der Waals surface area contributed by atoms with Crippen LogP contribution in [0.3, 0.4) is 0 Å². The highest BCUT2D eigenvalue weighted by Gasteiger charge is 2.50. The van der Waals surface area contributed by atoms with Crippen molar-refractivity contribution in [2.45, 2.75) is 39.2 Å². The zero-order valence-electron chi connectivity index (χ0n) is 13.4. The highest BCUT2D eigenvalue weighted by Crippen LogP contribution is 2.56. The van der Waals surface area contributed by atoms with Gasteiger partial charge in [-0.15, -0.1) is 6.58 Å². The first-order valence-corrected chi connectivity index (χ1v) is 8.64. The van der Waals surface area contributed by atoms with Crippen molar-refractivity contribution >= 4 is 17.8 Å². The van der Waals surface area contributed by atoms with Gasteiger partial charge >= 0.3 is 0 Å². The summed E-state index contributed by atoms with van der Waals surface area (Å²) < 4.78 is 0. The molecular weight excluding hydrogens is 292 g/mol. The fourth-order valence-corrected chi connectivity index (χ4v) is 5.07. The van der Waals surface area contributed by atoms with Crippen LogP contribution in [0, 0.1) is 11.3 Å². The summed E-state index contributed by atoms with van der Waals surface area (Å²) in [7, 11) is 0. The first-order valence-electron chi connectivity index (χ1n) is 8.27. The summed E-state index contributed by atoms with van der Waals surface area (Å²) in [5, 5.41) is 0.854. The number of hydrogen-bond acceptors (Lipinski definition) is 2. The van der Waals surface area contributed by atoms with Crippen LogP contribution in [0.25, 0.3) is 0 Å². The van der Waals surface area contributed by atoms with Crippen LogP contribution in [0.5, 0.6) is 0 Å². The van der Waals surface area contributed by atoms with Gasteiger partial charge in [-0.05, 0) is 42.4 Å². The van der Waals surface area contributed by atoms with Crippen LogP contribution < -0.4 is 0 Å². The van der Waals surface area contributed by atoms with Gasteiger partial charge in [0.15, 0.2) is 0 Å². The van der Waals surface area contributed by atoms with Crippen LogP contribution >= 0.6 is 11.6 Å². The lowest BCUT2D eigenvalue weighted by Crippen LogP contribution is -2.46. The number of nitrogens with zero attached hydrogens (tertiary/aromatic N) is 2. The molecule has 22 heavy (non-hydrogen) atoms. The quantitative estimate of drug-likeness (QED) is 0.687. The van der Waals surface area contributed by atoms with Gasteiger partial charge in [-0.3, -0.25) is 4.99 Å². The second kappa shape index (κ2) is 4.86. The first-order chi connectivity index (χ1) is 10.6. The van der Waals surface area contributed by atoms with Crippen LogP contribution in [-0.4, -0.2) is 30.2 Å². The number of halogens is 1. The maximum Gasteiger partial charge on any atom is 0.0743 e. The van der Waals surface area contributed by atoms with Crippen LogP contribution in [0.4, 0.5) is 0 Å². The topological polar surface area (TPSA) is 15.6 Å². The Balaban J connectivity index is 1.99. The lowest BCUT2D eigenvalue weighted by atomic mass is 9.66. The molecule has 3 unspecified atom stereocenters. The molecule has 3 heteroatoms. The maximum absolute atomic E-state index is 6.41. The molecule has 2 nitrogen and oxygen atoms in total. The molecule has 0 amide bonds. The largest absolute Gasteiger partial charge is 0.367 e. The van der Waals surface area contributed by atoms with Crippen molar-refractivity contribution in [3.05, 3.63) is 46.2 Å². The Kier molecular flexibility index (Phi) is 3.16. The van der Waals surface area contributed by atoms with Crippen molar-refractivity contribution in [3.63, 3.8) is 0 Å². The van der Waals surface area contributed by atoms with Crippen LogP contribution in [-0.2, 0) is 0 Å². The van der Waals surface area contributed by atoms with Crippen LogP contribution in [0.2, 0.25) is 0 Å². The molecule has 4 aliphatic rings. The Morgan fingerprint density at radius 1 is 1.50 bits per heavy atom. The third-order valence-corrected chi connectivity index (χ3v) is 6.40. The number of likely N-dealkylation sites (tertiary alicyclic amines) is 1. The maximum atomic E-state index is 6.41. The van der Waals surface area contributed by atoms with Crippen molar-refractivity contribution in [2.24, 2.45) is 16.3 Å². The predicted molar refractivity (Wildman–Crippen MR) is 93.2 cm³/mol. The number of allylic oxidation sites excluding steroid dienone is 4. The summed E-state index contributed by atoms with van der Waals surface area (Å²) in [6.07, 6.45) is 9.86. The molecule has 0 saturated heterocycles. The van der Waals surface area contributed by atoms with Gasteiger partial charge in [0.05, 0.1) is 6.54 Å². The minimum Gasteiger partial charge on any atom is -0.367 e. The third-order valence-electron chi connectivity index (χ3n) is 6.17. The Labute approximate surface area is 137 Å². The minimum absolute atomic E-state index is 0.0429. The summed E-state index contributed by atoms with van der Waals surface area (Å²) in [6, 6.07) is 0.553. The molecule has 0 N–H and O–H groups in total. The molecule has 2 aliphatic carbocycles. The molecule has 0 radical (unpaired) electrons. The van der Waals surface area contributed by atoms with Gasteiger partial charge in [-0.25, -0.2) is 0 Å². The van der Waals surface area contributed by atoms with Gasteiger partial charge in [-0.1, -0.05) is 37.1 Å². The summed E-state index contributed by atoms with van der Waals surface area (Å²) >= 11 is 6.41. The predicted octanol–water partition coefficient (Wildman–Crippen LogP) is 4.45. The Morgan fingerprint density at radius 3 is 3.09 bits per heavy atom. The van der Waals surface area contributed by atoms with E-state index in [-0.39, 0.29) is 5.41 Å². The standard InChI is InChI=1S/C19H23ClN2/c1-4-7-22-17-6-5-16-14-8-13(20)10-21-11-19(16,3)12(2)18(22)9-15(14)17/h4,8,11-12,18H,1,5-7,9-10H2,2-3H3/b13-8+,21-11?. The van der Waals surface area contributed by atoms with E-state index in [0.717, 1.165) is 30.8 Å². The molecule has 0 spiro atoms. The van der Waals surface area contributed by atoms with Gasteiger partial charge in [0.2, 0.25) is 0 Å². The third kappa shape index (κ3) is 1.76. The summed E-state index contributed by atoms with van der Waals surface area (Å²) in [4.78, 5) is 7.25. The molecule has 2 heterocycles. The van der Waals surface area contributed by atoms with E-state index in [4.69, 9.17) is 11.6 Å². The first kappa shape index (κ1) is 14.3. The second-order valence-corrected chi connectivity index (χ2v) is 7.65. The SMILES string of the molecule is C=CCN1C2=C3CC1C(C)C1(C)C=NC/C(Cl)=C\C3=C1CC2. The van der Waals surface area contributed by atoms with E-state index in [2.05, 4.69) is 42.6 Å². The monoisotopic (exact) mass is 314 g/mol. The van der Waals surface area contributed by atoms with E-state index in [1.807, 2.05) is 6.08 Å². The average molecular weight is 315 g/mol. The van der Waals surface area contributed by atoms with Gasteiger partial charge in [-0.2, -0.15) is 0 Å². The van der Waals surface area contributed by atoms with Crippen molar-refractivity contribution in [3.8, 4) is 0 Å². The van der Waals surface area contributed by atoms with Crippen molar-refractivity contribution in [2.75, 3.05) is 13.1 Å². The van der Waals surface area contributed by atoms with E-state index in [0.29, 0.717) is 18.5 Å². The molecule has 0 aromatic rings. The number of rotatable bonds is 2. The van der Waals surface area contributed by atoms with Crippen molar-refractivity contribution in [1.29, 1.82) is 0 Å². The summed E-state index contributed by atoms with van der Waals surface area (Å²) in [5.74, 6) is 0.543. The zero-order chi connectivity index (χ0) is 15.5. The lowest BCUT2D eigenvalue weighted by molar-refractivity contribution is 0.162. The second-order valence-electron chi connectivity index (χ2n) is 7.16. The Morgan fingerprint density at radius 2 is 2.32 bits per heavy atom. The average Bonchev–Trinajstić information content (AvgIpc) is 2.82. The van der Waals surface area contributed by atoms with E-state index < -0.39 is 0 Å². The van der Waals surface area contributed by atoms with Gasteiger partial charge in [0.1, 0.15) is 0 Å². The fourth-order valence-electron chi connectivity index (χ4n) is 4.89. The highest BCUT2D eigenvalue weighted by atomic mass is 35.5. The number of fused-ring (bicyclic) bond motifs is 1. The highest BCUT2D eigenvalue weighted by molar-refractivity contribution is 6.30. The van der Waals surface area contributed by atoms with E-state index in [1.165, 1.54) is 16.8 Å². The van der Waals surface area contributed by atoms with Gasteiger partial charge in [0, 0.05) is 34.9 Å². The van der Waals surface area contributed by atoms with Crippen LogP contribution in [0.1, 0.15) is 33.1 Å². The normalized spacial score (nSPS) is 38.7. The van der Waals surface area contributed by atoms with Crippen molar-refractivity contribution < 1.29 is 0 Å². The molecule has 0 aromatic heterocycles. The molecule has 3 atom stereocenters. The molecule has 2 aliphatic heterocycles. The summed E-state index contributed by atoms with van der Waals surface area (Å²) in [6.45, 7) is 10.3. The Hall–Kier alpha value is -1.28. The molecule has 116 valence electrons. The molecule has 0 fully saturated rings. The van der Waals surface area contributed by atoms with Gasteiger partial charge < -0.3 is 4.90 Å². The smallest absolute Gasteiger partial charge is 0.0743 e. The molecule has 0 aromatic carbocycles. The molecule has 4 rings (SSSR count). The fraction of sp³-hybridized carbons (Fsp3) is 0.526. The number of hydrogen-bond donors (Lipinski definition) is 0. The van der Waals surface area contributed by atoms with Gasteiger partial charge in [0.25, 0.3) is 0 Å². The minimum atomic E-state index is 0.0429.